The van der Waals surface area contributed by atoms with E-state index < -0.39 is 0 Å². The minimum absolute atomic E-state index is 0.300. The number of fused-ring (bicyclic) bond motifs is 1. The lowest BCUT2D eigenvalue weighted by Crippen LogP contribution is -2.19. The van der Waals surface area contributed by atoms with Gasteiger partial charge in [0.25, 0.3) is 0 Å². The lowest BCUT2D eigenvalue weighted by molar-refractivity contribution is 0.262. The third kappa shape index (κ3) is 3.20. The second-order valence-corrected chi connectivity index (χ2v) is 5.39. The average molecular weight is 342 g/mol. The van der Waals surface area contributed by atoms with Gasteiger partial charge in [0.15, 0.2) is 0 Å². The molecule has 21 heavy (non-hydrogen) atoms. The number of carbonyl (C=O) groups excluding carboxylic acids is 1. The molecule has 0 saturated heterocycles. The summed E-state index contributed by atoms with van der Waals surface area (Å²) in [6.07, 6.45) is 1.71. The van der Waals surface area contributed by atoms with Gasteiger partial charge in [0.2, 0.25) is 0 Å². The van der Waals surface area contributed by atoms with Gasteiger partial charge in [0.1, 0.15) is 0 Å². The summed E-state index contributed by atoms with van der Waals surface area (Å²) in [4.78, 5) is 16.4. The van der Waals surface area contributed by atoms with Crippen LogP contribution in [0.1, 0.15) is 0 Å². The quantitative estimate of drug-likeness (QED) is 0.713. The molecule has 2 N–H and O–H groups in total. The number of nitrogens with one attached hydrogen (secondary N) is 2. The highest BCUT2D eigenvalue weighted by Crippen LogP contribution is 2.21. The van der Waals surface area contributed by atoms with Crippen LogP contribution in [0.3, 0.4) is 0 Å². The van der Waals surface area contributed by atoms with E-state index in [1.165, 1.54) is 0 Å². The van der Waals surface area contributed by atoms with Crippen LogP contribution in [0.4, 0.5) is 16.2 Å². The van der Waals surface area contributed by atoms with Crippen LogP contribution in [0.2, 0.25) is 0 Å². The number of pyridine rings is 1. The second kappa shape index (κ2) is 5.93. The van der Waals surface area contributed by atoms with Crippen molar-refractivity contribution in [2.24, 2.45) is 0 Å². The lowest BCUT2D eigenvalue weighted by atomic mass is 10.2. The Labute approximate surface area is 130 Å². The fourth-order valence-electron chi connectivity index (χ4n) is 2.06. The van der Waals surface area contributed by atoms with Crippen molar-refractivity contribution in [3.05, 3.63) is 65.3 Å². The van der Waals surface area contributed by atoms with E-state index >= 15 is 0 Å². The van der Waals surface area contributed by atoms with E-state index in [2.05, 4.69) is 31.5 Å². The number of nitrogens with zero attached hydrogens (tertiary/aromatic N) is 1. The number of para-hydroxylation sites is 1. The van der Waals surface area contributed by atoms with Crippen molar-refractivity contribution < 1.29 is 4.79 Å². The number of carbonyl (C=O) groups is 1. The van der Waals surface area contributed by atoms with Crippen molar-refractivity contribution in [1.29, 1.82) is 0 Å². The van der Waals surface area contributed by atoms with E-state index in [0.717, 1.165) is 21.1 Å². The molecule has 2 aromatic carbocycles. The molecule has 5 heteroatoms. The van der Waals surface area contributed by atoms with Crippen LogP contribution in [0.15, 0.2) is 65.3 Å². The molecule has 0 spiro atoms. The minimum atomic E-state index is -0.300. The third-order valence-corrected chi connectivity index (χ3v) is 3.46. The van der Waals surface area contributed by atoms with Crippen LogP contribution in [-0.4, -0.2) is 11.0 Å². The van der Waals surface area contributed by atoms with Gasteiger partial charge in [-0.15, -0.1) is 0 Å². The monoisotopic (exact) mass is 341 g/mol. The summed E-state index contributed by atoms with van der Waals surface area (Å²) in [5, 5.41) is 6.60. The van der Waals surface area contributed by atoms with E-state index in [-0.39, 0.29) is 6.03 Å². The second-order valence-electron chi connectivity index (χ2n) is 4.47. The van der Waals surface area contributed by atoms with Gasteiger partial charge in [0.05, 0.1) is 11.2 Å². The van der Waals surface area contributed by atoms with E-state index in [9.17, 15) is 4.79 Å². The lowest BCUT2D eigenvalue weighted by Gasteiger charge is -2.09. The van der Waals surface area contributed by atoms with Gasteiger partial charge in [-0.1, -0.05) is 40.2 Å². The van der Waals surface area contributed by atoms with Crippen molar-refractivity contribution in [2.75, 3.05) is 10.6 Å². The summed E-state index contributed by atoms with van der Waals surface area (Å²) < 4.78 is 0.909. The Hall–Kier alpha value is -2.40. The zero-order valence-electron chi connectivity index (χ0n) is 11.0. The summed E-state index contributed by atoms with van der Waals surface area (Å²) in [5.41, 5.74) is 2.17. The van der Waals surface area contributed by atoms with E-state index in [4.69, 9.17) is 0 Å². The normalized spacial score (nSPS) is 10.3. The van der Waals surface area contributed by atoms with Crippen molar-refractivity contribution in [2.45, 2.75) is 0 Å². The Morgan fingerprint density at radius 2 is 1.81 bits per heavy atom. The fraction of sp³-hybridized carbons (Fsp3) is 0. The van der Waals surface area contributed by atoms with Crippen molar-refractivity contribution in [1.82, 2.24) is 4.98 Å². The maximum Gasteiger partial charge on any atom is 0.323 e. The largest absolute Gasteiger partial charge is 0.323 e. The molecule has 104 valence electrons. The maximum atomic E-state index is 12.1. The standard InChI is InChI=1S/C16H12BrN3O/c17-12-6-2-7-13(10-12)19-16(21)20-14-8-1-4-11-5-3-9-18-15(11)14/h1-10H,(H2,19,20,21). The predicted molar refractivity (Wildman–Crippen MR) is 88.5 cm³/mol. The van der Waals surface area contributed by atoms with Crippen LogP contribution in [-0.2, 0) is 0 Å². The van der Waals surface area contributed by atoms with Gasteiger partial charge in [-0.25, -0.2) is 4.79 Å². The van der Waals surface area contributed by atoms with E-state index in [0.29, 0.717) is 5.69 Å². The predicted octanol–water partition coefficient (Wildman–Crippen LogP) is 4.64. The zero-order chi connectivity index (χ0) is 14.7. The molecule has 0 unspecified atom stereocenters. The number of anilines is 2. The van der Waals surface area contributed by atoms with Crippen molar-refractivity contribution >= 4 is 44.2 Å². The van der Waals surface area contributed by atoms with E-state index in [1.807, 2.05) is 54.6 Å². The van der Waals surface area contributed by atoms with Crippen LogP contribution in [0.5, 0.6) is 0 Å². The Balaban J connectivity index is 1.80. The molecule has 3 rings (SSSR count). The number of hydrogen-bond acceptors (Lipinski definition) is 2. The van der Waals surface area contributed by atoms with Gasteiger partial charge in [-0.2, -0.15) is 0 Å². The van der Waals surface area contributed by atoms with E-state index in [1.54, 1.807) is 6.20 Å². The highest BCUT2D eigenvalue weighted by molar-refractivity contribution is 9.10. The first-order chi connectivity index (χ1) is 10.2. The number of halogens is 1. The van der Waals surface area contributed by atoms with Gasteiger partial charge in [-0.05, 0) is 30.3 Å². The summed E-state index contributed by atoms with van der Waals surface area (Å²) in [5.74, 6) is 0. The molecule has 1 aromatic heterocycles. The first-order valence-electron chi connectivity index (χ1n) is 6.40. The maximum absolute atomic E-state index is 12.1. The van der Waals surface area contributed by atoms with Crippen LogP contribution >= 0.6 is 15.9 Å². The first kappa shape index (κ1) is 13.6. The molecule has 2 amide bonds. The molecule has 4 nitrogen and oxygen atoms in total. The molecular weight excluding hydrogens is 330 g/mol. The fourth-order valence-corrected chi connectivity index (χ4v) is 2.46. The number of aromatic nitrogens is 1. The molecule has 1 heterocycles. The molecule has 0 radical (unpaired) electrons. The molecule has 0 aliphatic rings. The molecular formula is C16H12BrN3O. The smallest absolute Gasteiger partial charge is 0.308 e. The SMILES string of the molecule is O=C(Nc1cccc(Br)c1)Nc1cccc2cccnc12. The highest BCUT2D eigenvalue weighted by Gasteiger charge is 2.06. The summed E-state index contributed by atoms with van der Waals surface area (Å²) >= 11 is 3.37. The number of rotatable bonds is 2. The van der Waals surface area contributed by atoms with Crippen molar-refractivity contribution in [3.63, 3.8) is 0 Å². The van der Waals surface area contributed by atoms with Crippen molar-refractivity contribution in [3.8, 4) is 0 Å². The summed E-state index contributed by atoms with van der Waals surface area (Å²) in [6.45, 7) is 0. The minimum Gasteiger partial charge on any atom is -0.308 e. The summed E-state index contributed by atoms with van der Waals surface area (Å²) in [6, 6.07) is 16.6. The van der Waals surface area contributed by atoms with Crippen LogP contribution < -0.4 is 10.6 Å². The first-order valence-corrected chi connectivity index (χ1v) is 7.19. The Morgan fingerprint density at radius 1 is 1.00 bits per heavy atom. The van der Waals surface area contributed by atoms with Gasteiger partial charge in [0, 0.05) is 21.7 Å². The third-order valence-electron chi connectivity index (χ3n) is 2.96. The Bertz CT molecular complexity index is 799. The molecule has 0 aliphatic heterocycles. The molecule has 0 atom stereocenters. The van der Waals surface area contributed by atoms with Crippen LogP contribution in [0.25, 0.3) is 10.9 Å². The topological polar surface area (TPSA) is 54.0 Å². The Kier molecular flexibility index (Phi) is 3.83. The molecule has 0 saturated carbocycles. The van der Waals surface area contributed by atoms with Crippen LogP contribution in [0, 0.1) is 0 Å². The number of hydrogen-bond donors (Lipinski definition) is 2. The molecule has 3 aromatic rings. The molecule has 0 bridgehead atoms. The number of amides is 2. The van der Waals surface area contributed by atoms with Gasteiger partial charge in [-0.3, -0.25) is 4.98 Å². The molecule has 0 aliphatic carbocycles. The summed E-state index contributed by atoms with van der Waals surface area (Å²) in [7, 11) is 0. The van der Waals surface area contributed by atoms with Gasteiger partial charge >= 0.3 is 6.03 Å². The van der Waals surface area contributed by atoms with Gasteiger partial charge < -0.3 is 10.6 Å². The zero-order valence-corrected chi connectivity index (χ0v) is 12.6. The Morgan fingerprint density at radius 3 is 2.67 bits per heavy atom. The highest BCUT2D eigenvalue weighted by atomic mass is 79.9. The number of benzene rings is 2. The molecule has 0 fully saturated rings. The number of urea groups is 1. The average Bonchev–Trinajstić information content (AvgIpc) is 2.47.